The largest absolute Gasteiger partial charge is 0.516 e. The summed E-state index contributed by atoms with van der Waals surface area (Å²) in [5, 5.41) is 0. The molecule has 0 amide bonds. The maximum atomic E-state index is 12.0. The van der Waals surface area contributed by atoms with Crippen LogP contribution in [0.25, 0.3) is 6.08 Å². The van der Waals surface area contributed by atoms with Crippen LogP contribution in [0.2, 0.25) is 0 Å². The average molecular weight is 251 g/mol. The lowest BCUT2D eigenvalue weighted by Crippen LogP contribution is -2.29. The first kappa shape index (κ1) is 12.6. The molecule has 1 rings (SSSR count). The molecule has 7 heteroatoms. The second-order valence-electron chi connectivity index (χ2n) is 2.88. The summed E-state index contributed by atoms with van der Waals surface area (Å²) < 4.78 is 59.0. The number of halogens is 3. The molecule has 0 fully saturated rings. The van der Waals surface area contributed by atoms with E-state index in [1.54, 1.807) is 6.07 Å². The topological polar surface area (TPSA) is 46.2 Å². The molecule has 0 aliphatic rings. The molecule has 16 heavy (non-hydrogen) atoms. The predicted molar refractivity (Wildman–Crippen MR) is 55.1 cm³/mol. The summed E-state index contributed by atoms with van der Waals surface area (Å²) in [4.78, 5) is 0. The average Bonchev–Trinajstić information content (AvgIpc) is 2.15. The third-order valence-electron chi connectivity index (χ3n) is 1.68. The van der Waals surface area contributed by atoms with Gasteiger partial charge in [0.15, 0.2) is 0 Å². The highest BCUT2D eigenvalue weighted by atomic mass is 32.2. The highest BCUT2D eigenvalue weighted by molar-refractivity contribution is 7.93. The predicted octanol–water partition coefficient (Wildman–Crippen LogP) is 2.59. The van der Waals surface area contributed by atoms with Crippen LogP contribution in [-0.2, 0) is 10.0 Å². The van der Waals surface area contributed by atoms with Crippen molar-refractivity contribution in [2.75, 3.05) is 4.72 Å². The third kappa shape index (κ3) is 2.75. The van der Waals surface area contributed by atoms with Gasteiger partial charge in [0.2, 0.25) is 0 Å². The Balaban J connectivity index is 3.02. The first-order chi connectivity index (χ1) is 7.26. The van der Waals surface area contributed by atoms with Crippen LogP contribution in [-0.4, -0.2) is 13.9 Å². The summed E-state index contributed by atoms with van der Waals surface area (Å²) in [5.41, 5.74) is -4.96. The van der Waals surface area contributed by atoms with Gasteiger partial charge in [-0.3, -0.25) is 4.72 Å². The Morgan fingerprint density at radius 3 is 2.44 bits per heavy atom. The van der Waals surface area contributed by atoms with Crippen molar-refractivity contribution in [3.05, 3.63) is 36.4 Å². The molecule has 0 radical (unpaired) electrons. The van der Waals surface area contributed by atoms with Crippen molar-refractivity contribution in [2.45, 2.75) is 5.51 Å². The van der Waals surface area contributed by atoms with E-state index in [9.17, 15) is 21.6 Å². The molecule has 0 saturated carbocycles. The third-order valence-corrected chi connectivity index (χ3v) is 2.79. The van der Waals surface area contributed by atoms with Crippen molar-refractivity contribution in [3.63, 3.8) is 0 Å². The highest BCUT2D eigenvalue weighted by Gasteiger charge is 2.45. The van der Waals surface area contributed by atoms with E-state index in [1.165, 1.54) is 29.0 Å². The van der Waals surface area contributed by atoms with E-state index in [1.807, 2.05) is 0 Å². The number of nitrogens with one attached hydrogen (secondary N) is 1. The second-order valence-corrected chi connectivity index (χ2v) is 4.55. The van der Waals surface area contributed by atoms with E-state index >= 15 is 0 Å². The van der Waals surface area contributed by atoms with Crippen LogP contribution in [0.1, 0.15) is 5.56 Å². The van der Waals surface area contributed by atoms with Crippen molar-refractivity contribution in [2.24, 2.45) is 0 Å². The SMILES string of the molecule is C=Cc1cccc(NS(=O)(=O)C(F)(F)F)c1. The minimum absolute atomic E-state index is 0.158. The number of alkyl halides is 3. The zero-order chi connectivity index (χ0) is 12.4. The van der Waals surface area contributed by atoms with Crippen LogP contribution in [0.15, 0.2) is 30.8 Å². The van der Waals surface area contributed by atoms with Crippen molar-refractivity contribution in [1.29, 1.82) is 0 Å². The van der Waals surface area contributed by atoms with E-state index < -0.39 is 15.5 Å². The van der Waals surface area contributed by atoms with E-state index in [-0.39, 0.29) is 5.69 Å². The first-order valence-corrected chi connectivity index (χ1v) is 5.56. The summed E-state index contributed by atoms with van der Waals surface area (Å²) in [6.45, 7) is 3.42. The fourth-order valence-corrected chi connectivity index (χ4v) is 1.50. The van der Waals surface area contributed by atoms with E-state index in [0.29, 0.717) is 5.56 Å². The summed E-state index contributed by atoms with van der Waals surface area (Å²) in [7, 11) is -5.36. The van der Waals surface area contributed by atoms with E-state index in [2.05, 4.69) is 6.58 Å². The lowest BCUT2D eigenvalue weighted by molar-refractivity contribution is -0.0429. The standard InChI is InChI=1S/C9H8F3NO2S/c1-2-7-4-3-5-8(6-7)13-16(14,15)9(10,11)12/h2-6,13H,1H2. The molecule has 0 aliphatic heterocycles. The molecule has 0 unspecified atom stereocenters. The van der Waals surface area contributed by atoms with Crippen LogP contribution in [0.3, 0.4) is 0 Å². The molecule has 3 nitrogen and oxygen atoms in total. The van der Waals surface area contributed by atoms with E-state index in [4.69, 9.17) is 0 Å². The Morgan fingerprint density at radius 1 is 1.31 bits per heavy atom. The van der Waals surface area contributed by atoms with Gasteiger partial charge in [-0.1, -0.05) is 24.8 Å². The van der Waals surface area contributed by atoms with Gasteiger partial charge in [0.25, 0.3) is 0 Å². The zero-order valence-electron chi connectivity index (χ0n) is 7.95. The molecule has 0 aliphatic carbocycles. The number of rotatable bonds is 3. The van der Waals surface area contributed by atoms with Crippen LogP contribution >= 0.6 is 0 Å². The van der Waals surface area contributed by atoms with Gasteiger partial charge in [-0.2, -0.15) is 21.6 Å². The Bertz CT molecular complexity index is 494. The van der Waals surface area contributed by atoms with Crippen LogP contribution in [0.5, 0.6) is 0 Å². The molecule has 88 valence electrons. The number of sulfonamides is 1. The lowest BCUT2D eigenvalue weighted by Gasteiger charge is -2.10. The van der Waals surface area contributed by atoms with Gasteiger partial charge in [0.1, 0.15) is 0 Å². The van der Waals surface area contributed by atoms with Gasteiger partial charge in [-0.25, -0.2) is 0 Å². The van der Waals surface area contributed by atoms with Crippen molar-refractivity contribution >= 4 is 21.8 Å². The number of anilines is 1. The van der Waals surface area contributed by atoms with Crippen molar-refractivity contribution in [3.8, 4) is 0 Å². The molecular weight excluding hydrogens is 243 g/mol. The molecule has 0 atom stereocenters. The molecule has 0 heterocycles. The second kappa shape index (κ2) is 4.17. The Morgan fingerprint density at radius 2 is 1.94 bits per heavy atom. The molecule has 0 spiro atoms. The fraction of sp³-hybridized carbons (Fsp3) is 0.111. The highest BCUT2D eigenvalue weighted by Crippen LogP contribution is 2.25. The van der Waals surface area contributed by atoms with Crippen LogP contribution < -0.4 is 4.72 Å². The van der Waals surface area contributed by atoms with Crippen molar-refractivity contribution in [1.82, 2.24) is 0 Å². The molecule has 1 aromatic rings. The Kier molecular flexibility index (Phi) is 3.27. The van der Waals surface area contributed by atoms with Gasteiger partial charge in [0.05, 0.1) is 0 Å². The normalized spacial score (nSPS) is 12.2. The minimum atomic E-state index is -5.36. The van der Waals surface area contributed by atoms with Crippen molar-refractivity contribution < 1.29 is 21.6 Å². The Labute approximate surface area is 90.6 Å². The van der Waals surface area contributed by atoms with Gasteiger partial charge in [-0.15, -0.1) is 0 Å². The number of hydrogen-bond acceptors (Lipinski definition) is 2. The van der Waals surface area contributed by atoms with Crippen LogP contribution in [0.4, 0.5) is 18.9 Å². The summed E-state index contributed by atoms with van der Waals surface area (Å²) in [6.07, 6.45) is 1.39. The van der Waals surface area contributed by atoms with Gasteiger partial charge in [0, 0.05) is 5.69 Å². The number of hydrogen-bond donors (Lipinski definition) is 1. The monoisotopic (exact) mass is 251 g/mol. The molecule has 0 saturated heterocycles. The zero-order valence-corrected chi connectivity index (χ0v) is 8.77. The molecule has 0 aromatic heterocycles. The van der Waals surface area contributed by atoms with Gasteiger partial charge in [-0.05, 0) is 17.7 Å². The van der Waals surface area contributed by atoms with Gasteiger partial charge >= 0.3 is 15.5 Å². The lowest BCUT2D eigenvalue weighted by atomic mass is 10.2. The van der Waals surface area contributed by atoms with Gasteiger partial charge < -0.3 is 0 Å². The first-order valence-electron chi connectivity index (χ1n) is 4.08. The summed E-state index contributed by atoms with van der Waals surface area (Å²) in [5.74, 6) is 0. The van der Waals surface area contributed by atoms with E-state index in [0.717, 1.165) is 0 Å². The maximum Gasteiger partial charge on any atom is 0.516 e. The quantitative estimate of drug-likeness (QED) is 0.897. The fourth-order valence-electron chi connectivity index (χ4n) is 0.942. The molecule has 1 aromatic carbocycles. The maximum absolute atomic E-state index is 12.0. The smallest absolute Gasteiger partial charge is 0.276 e. The molecular formula is C9H8F3NO2S. The Hall–Kier alpha value is -1.50. The summed E-state index contributed by atoms with van der Waals surface area (Å²) >= 11 is 0. The van der Waals surface area contributed by atoms with Crippen LogP contribution in [0, 0.1) is 0 Å². The number of benzene rings is 1. The molecule has 1 N–H and O–H groups in total. The molecule has 0 bridgehead atoms. The summed E-state index contributed by atoms with van der Waals surface area (Å²) in [6, 6.07) is 5.47. The minimum Gasteiger partial charge on any atom is -0.276 e.